The molecule has 2 aliphatic rings. The number of ether oxygens (including phenoxy) is 1. The second-order valence-corrected chi connectivity index (χ2v) is 9.29. The van der Waals surface area contributed by atoms with Crippen LogP contribution < -0.4 is 10.1 Å². The Morgan fingerprint density at radius 1 is 1.25 bits per heavy atom. The summed E-state index contributed by atoms with van der Waals surface area (Å²) in [5.74, 6) is 1.09. The zero-order chi connectivity index (χ0) is 19.7. The average molecular weight is 403 g/mol. The largest absolute Gasteiger partial charge is 0.474 e. The average Bonchev–Trinajstić information content (AvgIpc) is 3.22. The molecule has 4 rings (SSSR count). The smallest absolute Gasteiger partial charge is 0.225 e. The molecule has 1 N–H and O–H groups in total. The van der Waals surface area contributed by atoms with Crippen LogP contribution in [0.5, 0.6) is 5.88 Å². The molecule has 2 heterocycles. The van der Waals surface area contributed by atoms with Crippen LogP contribution in [0.3, 0.4) is 0 Å². The fraction of sp³-hybridized carbons (Fsp3) is 0.667. The van der Waals surface area contributed by atoms with Crippen molar-refractivity contribution in [3.63, 3.8) is 0 Å². The van der Waals surface area contributed by atoms with Gasteiger partial charge in [-0.1, -0.05) is 0 Å². The first-order chi connectivity index (χ1) is 13.6. The van der Waals surface area contributed by atoms with Gasteiger partial charge in [0.05, 0.1) is 5.39 Å². The maximum Gasteiger partial charge on any atom is 0.225 e. The lowest BCUT2D eigenvalue weighted by molar-refractivity contribution is -0.121. The Hall–Kier alpha value is -1.73. The molecule has 0 bridgehead atoms. The minimum Gasteiger partial charge on any atom is -0.474 e. The molecule has 152 valence electrons. The molecule has 1 fully saturated rings. The summed E-state index contributed by atoms with van der Waals surface area (Å²) < 4.78 is 6.42. The molecule has 1 amide bonds. The third-order valence-corrected chi connectivity index (χ3v) is 7.33. The summed E-state index contributed by atoms with van der Waals surface area (Å²) in [5.41, 5.74) is 1.27. The van der Waals surface area contributed by atoms with Crippen LogP contribution in [-0.2, 0) is 11.2 Å². The van der Waals surface area contributed by atoms with E-state index in [-0.39, 0.29) is 17.9 Å². The predicted octanol–water partition coefficient (Wildman–Crippen LogP) is 3.50. The maximum absolute atomic E-state index is 12.2. The molecule has 0 radical (unpaired) electrons. The van der Waals surface area contributed by atoms with E-state index in [1.54, 1.807) is 17.7 Å². The van der Waals surface area contributed by atoms with Gasteiger partial charge >= 0.3 is 0 Å². The first-order valence-corrected chi connectivity index (χ1v) is 11.2. The topological polar surface area (TPSA) is 67.3 Å². The van der Waals surface area contributed by atoms with Crippen LogP contribution in [0.4, 0.5) is 0 Å². The number of carbonyl (C=O) groups is 1. The van der Waals surface area contributed by atoms with Crippen LogP contribution in [0.2, 0.25) is 0 Å². The normalized spacial score (nSPS) is 24.5. The van der Waals surface area contributed by atoms with E-state index in [4.69, 9.17) is 4.74 Å². The summed E-state index contributed by atoms with van der Waals surface area (Å²) >= 11 is 1.74. The summed E-state index contributed by atoms with van der Waals surface area (Å²) in [5, 5.41) is 3.99. The second kappa shape index (κ2) is 8.33. The van der Waals surface area contributed by atoms with Gasteiger partial charge in [-0.3, -0.25) is 4.79 Å². The first-order valence-electron chi connectivity index (χ1n) is 10.4. The summed E-state index contributed by atoms with van der Waals surface area (Å²) in [4.78, 5) is 25.9. The van der Waals surface area contributed by atoms with E-state index in [9.17, 15) is 4.79 Å². The van der Waals surface area contributed by atoms with E-state index in [2.05, 4.69) is 34.3 Å². The van der Waals surface area contributed by atoms with Crippen LogP contribution in [0.1, 0.15) is 61.8 Å². The minimum atomic E-state index is 0.126. The van der Waals surface area contributed by atoms with Crippen molar-refractivity contribution < 1.29 is 9.53 Å². The number of amides is 1. The molecule has 1 saturated carbocycles. The Morgan fingerprint density at radius 3 is 2.75 bits per heavy atom. The number of nitrogens with one attached hydrogen (secondary N) is 1. The summed E-state index contributed by atoms with van der Waals surface area (Å²) in [7, 11) is 4.31. The monoisotopic (exact) mass is 402 g/mol. The fourth-order valence-electron chi connectivity index (χ4n) is 4.66. The third kappa shape index (κ3) is 3.87. The summed E-state index contributed by atoms with van der Waals surface area (Å²) in [6.45, 7) is 2.64. The first kappa shape index (κ1) is 19.6. The predicted molar refractivity (Wildman–Crippen MR) is 112 cm³/mol. The maximum atomic E-state index is 12.2. The van der Waals surface area contributed by atoms with Crippen molar-refractivity contribution in [2.75, 3.05) is 20.6 Å². The molecule has 2 aliphatic carbocycles. The lowest BCUT2D eigenvalue weighted by atomic mass is 9.92. The summed E-state index contributed by atoms with van der Waals surface area (Å²) in [6.07, 6.45) is 8.85. The third-order valence-electron chi connectivity index (χ3n) is 6.15. The number of carbonyl (C=O) groups excluding carboxylic acids is 1. The fourth-order valence-corrected chi connectivity index (χ4v) is 5.90. The highest BCUT2D eigenvalue weighted by atomic mass is 32.1. The van der Waals surface area contributed by atoms with E-state index >= 15 is 0 Å². The van der Waals surface area contributed by atoms with Crippen molar-refractivity contribution in [2.45, 2.75) is 69.9 Å². The number of nitrogens with zero attached hydrogens (tertiary/aromatic N) is 3. The lowest BCUT2D eigenvalue weighted by Crippen LogP contribution is -2.35. The number of hydrogen-bond donors (Lipinski definition) is 1. The van der Waals surface area contributed by atoms with Crippen molar-refractivity contribution in [3.05, 3.63) is 16.8 Å². The molecule has 0 saturated heterocycles. The Balaban J connectivity index is 1.56. The highest BCUT2D eigenvalue weighted by Gasteiger charge is 2.32. The molecular weight excluding hydrogens is 372 g/mol. The van der Waals surface area contributed by atoms with Gasteiger partial charge in [-0.05, 0) is 71.0 Å². The molecule has 7 heteroatoms. The number of thiophene rings is 1. The van der Waals surface area contributed by atoms with Gasteiger partial charge in [0, 0.05) is 23.9 Å². The Kier molecular flexibility index (Phi) is 5.83. The van der Waals surface area contributed by atoms with Crippen LogP contribution in [0, 0.1) is 0 Å². The Morgan fingerprint density at radius 2 is 2.04 bits per heavy atom. The van der Waals surface area contributed by atoms with E-state index in [0.29, 0.717) is 19.0 Å². The Bertz CT molecular complexity index is 842. The molecule has 0 aliphatic heterocycles. The molecular formula is C21H30N4O2S. The van der Waals surface area contributed by atoms with Gasteiger partial charge in [0.15, 0.2) is 0 Å². The van der Waals surface area contributed by atoms with Crippen LogP contribution in [-0.4, -0.2) is 53.6 Å². The van der Waals surface area contributed by atoms with Crippen LogP contribution in [0.15, 0.2) is 6.33 Å². The van der Waals surface area contributed by atoms with Crippen molar-refractivity contribution in [1.29, 1.82) is 0 Å². The van der Waals surface area contributed by atoms with Gasteiger partial charge in [0.1, 0.15) is 17.3 Å². The second-order valence-electron chi connectivity index (χ2n) is 8.20. The van der Waals surface area contributed by atoms with Gasteiger partial charge in [-0.2, -0.15) is 0 Å². The van der Waals surface area contributed by atoms with Gasteiger partial charge < -0.3 is 15.0 Å². The van der Waals surface area contributed by atoms with Crippen molar-refractivity contribution >= 4 is 27.5 Å². The molecule has 2 aromatic rings. The number of hydrogen-bond acceptors (Lipinski definition) is 6. The lowest BCUT2D eigenvalue weighted by Gasteiger charge is -2.32. The molecule has 0 spiro atoms. The number of aromatic nitrogens is 2. The van der Waals surface area contributed by atoms with E-state index in [1.165, 1.54) is 10.4 Å². The SMILES string of the molecule is CCNC(=O)C[C@H]1CCc2sc3ncnc(OC4CCC(N(C)C)CC4)c3c21. The minimum absolute atomic E-state index is 0.126. The quantitative estimate of drug-likeness (QED) is 0.801. The number of rotatable bonds is 6. The van der Waals surface area contributed by atoms with Crippen molar-refractivity contribution in [3.8, 4) is 5.88 Å². The van der Waals surface area contributed by atoms with Crippen LogP contribution >= 0.6 is 11.3 Å². The van der Waals surface area contributed by atoms with Gasteiger partial charge in [0.2, 0.25) is 11.8 Å². The van der Waals surface area contributed by atoms with Crippen molar-refractivity contribution in [2.24, 2.45) is 0 Å². The highest BCUT2D eigenvalue weighted by molar-refractivity contribution is 7.19. The van der Waals surface area contributed by atoms with Gasteiger partial charge in [-0.15, -0.1) is 11.3 Å². The number of fused-ring (bicyclic) bond motifs is 3. The summed E-state index contributed by atoms with van der Waals surface area (Å²) in [6, 6.07) is 0.650. The van der Waals surface area contributed by atoms with E-state index in [0.717, 1.165) is 54.6 Å². The molecule has 0 aromatic carbocycles. The molecule has 28 heavy (non-hydrogen) atoms. The van der Waals surface area contributed by atoms with Crippen LogP contribution in [0.25, 0.3) is 10.2 Å². The molecule has 0 unspecified atom stereocenters. The van der Waals surface area contributed by atoms with Gasteiger partial charge in [-0.25, -0.2) is 9.97 Å². The van der Waals surface area contributed by atoms with E-state index in [1.807, 2.05) is 6.92 Å². The standard InChI is InChI=1S/C21H30N4O2S/c1-4-22-17(26)11-13-5-10-16-18(13)19-20(23-12-24-21(19)28-16)27-15-8-6-14(7-9-15)25(2)3/h12-15H,4-11H2,1-3H3,(H,22,26)/t13-,14?,15?/m1/s1. The molecule has 2 aromatic heterocycles. The van der Waals surface area contributed by atoms with E-state index < -0.39 is 0 Å². The van der Waals surface area contributed by atoms with Gasteiger partial charge in [0.25, 0.3) is 0 Å². The Labute approximate surface area is 170 Å². The zero-order valence-electron chi connectivity index (χ0n) is 17.0. The zero-order valence-corrected chi connectivity index (χ0v) is 17.8. The molecule has 1 atom stereocenters. The van der Waals surface area contributed by atoms with Crippen molar-refractivity contribution in [1.82, 2.24) is 20.2 Å². The molecule has 6 nitrogen and oxygen atoms in total. The highest BCUT2D eigenvalue weighted by Crippen LogP contribution is 2.47. The number of aryl methyl sites for hydroxylation is 1.